The summed E-state index contributed by atoms with van der Waals surface area (Å²) in [4.78, 5) is 10.6. The van der Waals surface area contributed by atoms with Crippen molar-refractivity contribution < 1.29 is 9.66 Å². The number of hydrogen-bond donors (Lipinski definition) is 1. The number of nitro groups is 1. The molecule has 5 heteroatoms. The monoisotopic (exact) mass is 278 g/mol. The highest BCUT2D eigenvalue weighted by atomic mass is 16.6. The molecule has 1 aromatic carbocycles. The molecule has 1 unspecified atom stereocenters. The number of ether oxygens (including phenoxy) is 1. The van der Waals surface area contributed by atoms with Crippen LogP contribution in [0.1, 0.15) is 39.5 Å². The van der Waals surface area contributed by atoms with Crippen LogP contribution in [-0.2, 0) is 0 Å². The van der Waals surface area contributed by atoms with Crippen LogP contribution in [0.5, 0.6) is 5.75 Å². The first kappa shape index (κ1) is 14.6. The van der Waals surface area contributed by atoms with E-state index >= 15 is 0 Å². The van der Waals surface area contributed by atoms with Crippen LogP contribution in [0, 0.1) is 16.0 Å². The Hall–Kier alpha value is -1.78. The fourth-order valence-corrected chi connectivity index (χ4v) is 2.27. The lowest BCUT2D eigenvalue weighted by Gasteiger charge is -2.15. The molecule has 1 aromatic rings. The first-order valence-electron chi connectivity index (χ1n) is 7.27. The van der Waals surface area contributed by atoms with E-state index in [0.29, 0.717) is 18.4 Å². The van der Waals surface area contributed by atoms with E-state index in [4.69, 9.17) is 4.74 Å². The molecule has 0 spiro atoms. The molecule has 0 aliphatic heterocycles. The van der Waals surface area contributed by atoms with Gasteiger partial charge in [0.15, 0.2) is 0 Å². The maximum absolute atomic E-state index is 11.0. The molecule has 110 valence electrons. The minimum atomic E-state index is -0.379. The van der Waals surface area contributed by atoms with Gasteiger partial charge in [-0.3, -0.25) is 10.1 Å². The maximum Gasteiger partial charge on any atom is 0.275 e. The predicted octanol–water partition coefficient (Wildman–Crippen LogP) is 3.98. The third-order valence-corrected chi connectivity index (χ3v) is 3.37. The second-order valence-corrected chi connectivity index (χ2v) is 5.55. The molecule has 2 rings (SSSR count). The predicted molar refractivity (Wildman–Crippen MR) is 79.3 cm³/mol. The van der Waals surface area contributed by atoms with Crippen molar-refractivity contribution in [3.8, 4) is 5.75 Å². The Balaban J connectivity index is 2.08. The van der Waals surface area contributed by atoms with E-state index in [1.165, 1.54) is 18.9 Å². The summed E-state index contributed by atoms with van der Waals surface area (Å²) in [5, 5.41) is 14.3. The van der Waals surface area contributed by atoms with E-state index in [0.717, 1.165) is 24.4 Å². The molecule has 5 nitrogen and oxygen atoms in total. The molecule has 1 aliphatic rings. The lowest BCUT2D eigenvalue weighted by Crippen LogP contribution is -2.15. The molecular weight excluding hydrogens is 256 g/mol. The molecule has 0 saturated heterocycles. The molecule has 0 radical (unpaired) electrons. The fraction of sp³-hybridized carbons (Fsp3) is 0.600. The van der Waals surface area contributed by atoms with Gasteiger partial charge in [-0.1, -0.05) is 19.8 Å². The van der Waals surface area contributed by atoms with Crippen LogP contribution < -0.4 is 10.1 Å². The van der Waals surface area contributed by atoms with Crippen LogP contribution >= 0.6 is 0 Å². The van der Waals surface area contributed by atoms with Crippen LogP contribution in [0.25, 0.3) is 0 Å². The number of nitrogens with zero attached hydrogens (tertiary/aromatic N) is 1. The van der Waals surface area contributed by atoms with E-state index in [1.54, 1.807) is 6.07 Å². The lowest BCUT2D eigenvalue weighted by molar-refractivity contribution is -0.384. The zero-order chi connectivity index (χ0) is 14.5. The van der Waals surface area contributed by atoms with Crippen molar-refractivity contribution >= 4 is 11.4 Å². The summed E-state index contributed by atoms with van der Waals surface area (Å²) in [6.07, 6.45) is 4.62. The normalized spacial score (nSPS) is 15.7. The first-order chi connectivity index (χ1) is 9.58. The summed E-state index contributed by atoms with van der Waals surface area (Å²) in [6.45, 7) is 4.69. The fourth-order valence-electron chi connectivity index (χ4n) is 2.27. The van der Waals surface area contributed by atoms with Gasteiger partial charge in [-0.05, 0) is 25.7 Å². The second-order valence-electron chi connectivity index (χ2n) is 5.55. The average molecular weight is 278 g/mol. The third kappa shape index (κ3) is 4.40. The van der Waals surface area contributed by atoms with Crippen molar-refractivity contribution in [3.05, 3.63) is 28.3 Å². The Morgan fingerprint density at radius 1 is 1.45 bits per heavy atom. The van der Waals surface area contributed by atoms with E-state index in [2.05, 4.69) is 12.2 Å². The summed E-state index contributed by atoms with van der Waals surface area (Å²) < 4.78 is 5.52. The molecule has 1 N–H and O–H groups in total. The van der Waals surface area contributed by atoms with Crippen LogP contribution in [0.4, 0.5) is 11.4 Å². The molecule has 1 aliphatic carbocycles. The molecule has 0 aromatic heterocycles. The van der Waals surface area contributed by atoms with Crippen molar-refractivity contribution in [2.75, 3.05) is 11.9 Å². The van der Waals surface area contributed by atoms with E-state index in [1.807, 2.05) is 13.0 Å². The highest BCUT2D eigenvalue weighted by Crippen LogP contribution is 2.34. The molecule has 0 heterocycles. The Bertz CT molecular complexity index is 472. The number of benzene rings is 1. The number of hydrogen-bond acceptors (Lipinski definition) is 4. The zero-order valence-electron chi connectivity index (χ0n) is 12.1. The Morgan fingerprint density at radius 2 is 2.20 bits per heavy atom. The Kier molecular flexibility index (Phi) is 4.82. The van der Waals surface area contributed by atoms with Gasteiger partial charge in [0, 0.05) is 23.9 Å². The van der Waals surface area contributed by atoms with E-state index in [9.17, 15) is 10.1 Å². The smallest absolute Gasteiger partial charge is 0.275 e. The maximum atomic E-state index is 11.0. The van der Waals surface area contributed by atoms with Gasteiger partial charge in [0.25, 0.3) is 5.69 Å². The lowest BCUT2D eigenvalue weighted by atomic mass is 10.1. The molecule has 20 heavy (non-hydrogen) atoms. The summed E-state index contributed by atoms with van der Waals surface area (Å²) in [5.74, 6) is 1.38. The van der Waals surface area contributed by atoms with Gasteiger partial charge >= 0.3 is 0 Å². The second kappa shape index (κ2) is 6.59. The zero-order valence-corrected chi connectivity index (χ0v) is 12.1. The highest BCUT2D eigenvalue weighted by molar-refractivity contribution is 5.56. The van der Waals surface area contributed by atoms with Crippen molar-refractivity contribution in [1.29, 1.82) is 0 Å². The number of nitrogens with one attached hydrogen (secondary N) is 1. The molecule has 1 saturated carbocycles. The van der Waals surface area contributed by atoms with Crippen LogP contribution in [0.2, 0.25) is 0 Å². The summed E-state index contributed by atoms with van der Waals surface area (Å²) in [5.41, 5.74) is 0.832. The van der Waals surface area contributed by atoms with E-state index in [-0.39, 0.29) is 10.6 Å². The van der Waals surface area contributed by atoms with Crippen LogP contribution in [0.15, 0.2) is 18.2 Å². The van der Waals surface area contributed by atoms with Gasteiger partial charge in [0.05, 0.1) is 17.6 Å². The largest absolute Gasteiger partial charge is 0.493 e. The van der Waals surface area contributed by atoms with Gasteiger partial charge in [0.2, 0.25) is 0 Å². The van der Waals surface area contributed by atoms with Crippen molar-refractivity contribution in [1.82, 2.24) is 0 Å². The third-order valence-electron chi connectivity index (χ3n) is 3.37. The Morgan fingerprint density at radius 3 is 2.80 bits per heavy atom. The summed E-state index contributed by atoms with van der Waals surface area (Å²) in [6, 6.07) is 5.21. The van der Waals surface area contributed by atoms with Gasteiger partial charge < -0.3 is 10.1 Å². The van der Waals surface area contributed by atoms with Crippen molar-refractivity contribution in [2.24, 2.45) is 5.92 Å². The van der Waals surface area contributed by atoms with Crippen molar-refractivity contribution in [2.45, 2.75) is 45.6 Å². The number of anilines is 1. The number of nitro benzene ring substituents is 1. The minimum Gasteiger partial charge on any atom is -0.493 e. The van der Waals surface area contributed by atoms with Gasteiger partial charge in [-0.15, -0.1) is 0 Å². The van der Waals surface area contributed by atoms with Gasteiger partial charge in [0.1, 0.15) is 5.75 Å². The standard InChI is InChI=1S/C15H22N2O3/c1-3-6-20-15-9-13(8-14(10-15)17(18)19)16-11(2)7-12-4-5-12/h8-12,16H,3-7H2,1-2H3. The molecular formula is C15H22N2O3. The topological polar surface area (TPSA) is 64.4 Å². The van der Waals surface area contributed by atoms with Crippen LogP contribution in [-0.4, -0.2) is 17.6 Å². The van der Waals surface area contributed by atoms with E-state index < -0.39 is 0 Å². The highest BCUT2D eigenvalue weighted by Gasteiger charge is 2.23. The summed E-state index contributed by atoms with van der Waals surface area (Å²) >= 11 is 0. The van der Waals surface area contributed by atoms with Gasteiger partial charge in [-0.25, -0.2) is 0 Å². The minimum absolute atomic E-state index is 0.0692. The van der Waals surface area contributed by atoms with Crippen molar-refractivity contribution in [3.63, 3.8) is 0 Å². The first-order valence-corrected chi connectivity index (χ1v) is 7.27. The average Bonchev–Trinajstić information content (AvgIpc) is 3.19. The summed E-state index contributed by atoms with van der Waals surface area (Å²) in [7, 11) is 0. The molecule has 1 fully saturated rings. The number of rotatable bonds is 8. The Labute approximate surface area is 119 Å². The molecule has 0 amide bonds. The molecule has 1 atom stereocenters. The molecule has 0 bridgehead atoms. The SMILES string of the molecule is CCCOc1cc(NC(C)CC2CC2)cc([N+](=O)[O-])c1. The van der Waals surface area contributed by atoms with Crippen LogP contribution in [0.3, 0.4) is 0 Å². The van der Waals surface area contributed by atoms with Gasteiger partial charge in [-0.2, -0.15) is 0 Å². The number of non-ortho nitro benzene ring substituents is 1. The quantitative estimate of drug-likeness (QED) is 0.577.